The van der Waals surface area contributed by atoms with Crippen LogP contribution in [-0.4, -0.2) is 29.2 Å². The molecule has 0 saturated heterocycles. The number of unbranched alkanes of at least 4 members (excludes halogenated alkanes) is 1. The summed E-state index contributed by atoms with van der Waals surface area (Å²) < 4.78 is 10.8. The predicted molar refractivity (Wildman–Crippen MR) is 90.6 cm³/mol. The number of aromatic amines is 1. The van der Waals surface area contributed by atoms with Gasteiger partial charge in [-0.15, -0.1) is 0 Å². The average molecular weight is 316 g/mol. The fourth-order valence-electron chi connectivity index (χ4n) is 2.11. The molecule has 0 radical (unpaired) electrons. The van der Waals surface area contributed by atoms with Crippen LogP contribution in [0.1, 0.15) is 38.9 Å². The minimum atomic E-state index is -0.344. The highest BCUT2D eigenvalue weighted by molar-refractivity contribution is 5.86. The van der Waals surface area contributed by atoms with Crippen molar-refractivity contribution in [1.82, 2.24) is 9.97 Å². The van der Waals surface area contributed by atoms with Crippen molar-refractivity contribution in [3.05, 3.63) is 36.2 Å². The van der Waals surface area contributed by atoms with Crippen molar-refractivity contribution >= 4 is 17.0 Å². The number of hydrogen-bond donors (Lipinski definition) is 1. The Bertz CT molecular complexity index is 676. The van der Waals surface area contributed by atoms with Gasteiger partial charge in [0, 0.05) is 18.1 Å². The number of carbonyl (C=O) groups is 1. The zero-order valence-corrected chi connectivity index (χ0v) is 13.9. The van der Waals surface area contributed by atoms with E-state index >= 15 is 0 Å². The van der Waals surface area contributed by atoms with Gasteiger partial charge in [0.2, 0.25) is 0 Å². The predicted octanol–water partition coefficient (Wildman–Crippen LogP) is 3.79. The third-order valence-electron chi connectivity index (χ3n) is 3.41. The third-order valence-corrected chi connectivity index (χ3v) is 3.41. The van der Waals surface area contributed by atoms with Gasteiger partial charge >= 0.3 is 5.97 Å². The Kier molecular flexibility index (Phi) is 6.20. The molecule has 0 fully saturated rings. The molecule has 5 nitrogen and oxygen atoms in total. The number of aromatic nitrogens is 2. The Hall–Kier alpha value is -2.30. The number of rotatable bonds is 9. The smallest absolute Gasteiger partial charge is 0.333 e. The summed E-state index contributed by atoms with van der Waals surface area (Å²) >= 11 is 0. The van der Waals surface area contributed by atoms with Gasteiger partial charge < -0.3 is 14.5 Å². The van der Waals surface area contributed by atoms with E-state index in [1.807, 2.05) is 18.2 Å². The van der Waals surface area contributed by atoms with Gasteiger partial charge in [0.15, 0.2) is 0 Å². The van der Waals surface area contributed by atoms with Crippen molar-refractivity contribution in [2.75, 3.05) is 13.2 Å². The minimum Gasteiger partial charge on any atom is -0.494 e. The van der Waals surface area contributed by atoms with Crippen LogP contribution in [0.4, 0.5) is 0 Å². The largest absolute Gasteiger partial charge is 0.494 e. The van der Waals surface area contributed by atoms with E-state index in [2.05, 4.69) is 23.5 Å². The second kappa shape index (κ2) is 8.36. The van der Waals surface area contributed by atoms with E-state index in [-0.39, 0.29) is 5.97 Å². The minimum absolute atomic E-state index is 0.344. The van der Waals surface area contributed by atoms with E-state index in [1.54, 1.807) is 6.92 Å². The number of hydrogen-bond acceptors (Lipinski definition) is 4. The van der Waals surface area contributed by atoms with E-state index in [1.165, 1.54) is 0 Å². The molecular formula is C18H24N2O3. The van der Waals surface area contributed by atoms with Crippen LogP contribution in [0.5, 0.6) is 5.75 Å². The van der Waals surface area contributed by atoms with Gasteiger partial charge in [-0.1, -0.05) is 19.9 Å². The molecule has 2 aromatic rings. The van der Waals surface area contributed by atoms with Gasteiger partial charge in [-0.2, -0.15) is 0 Å². The zero-order chi connectivity index (χ0) is 16.7. The number of esters is 1. The summed E-state index contributed by atoms with van der Waals surface area (Å²) in [6, 6.07) is 5.87. The molecule has 0 saturated carbocycles. The van der Waals surface area contributed by atoms with E-state index in [9.17, 15) is 4.79 Å². The van der Waals surface area contributed by atoms with Crippen molar-refractivity contribution < 1.29 is 14.3 Å². The SMILES string of the molecule is C=C(C)C(=O)OCCCc1nc2ccc(OCCCC)cc2[nH]1. The molecule has 0 atom stereocenters. The van der Waals surface area contributed by atoms with Crippen molar-refractivity contribution in [2.24, 2.45) is 0 Å². The molecular weight excluding hydrogens is 292 g/mol. The summed E-state index contributed by atoms with van der Waals surface area (Å²) in [7, 11) is 0. The maximum atomic E-state index is 11.3. The lowest BCUT2D eigenvalue weighted by Crippen LogP contribution is -2.07. The van der Waals surface area contributed by atoms with Crippen LogP contribution in [-0.2, 0) is 16.0 Å². The fraction of sp³-hybridized carbons (Fsp3) is 0.444. The standard InChI is InChI=1S/C18H24N2O3/c1-4-5-10-22-14-8-9-15-16(12-14)20-17(19-15)7-6-11-23-18(21)13(2)3/h8-9,12H,2,4-7,10-11H2,1,3H3,(H,19,20). The fourth-order valence-corrected chi connectivity index (χ4v) is 2.11. The van der Waals surface area contributed by atoms with E-state index in [0.29, 0.717) is 12.2 Å². The Labute approximate surface area is 136 Å². The summed E-state index contributed by atoms with van der Waals surface area (Å²) in [6.45, 7) is 8.43. The van der Waals surface area contributed by atoms with Gasteiger partial charge in [-0.3, -0.25) is 0 Å². The maximum Gasteiger partial charge on any atom is 0.333 e. The van der Waals surface area contributed by atoms with Crippen LogP contribution < -0.4 is 4.74 Å². The second-order valence-corrected chi connectivity index (χ2v) is 5.58. The number of nitrogens with zero attached hydrogens (tertiary/aromatic N) is 1. The first-order valence-corrected chi connectivity index (χ1v) is 8.04. The molecule has 0 aliphatic rings. The molecule has 1 N–H and O–H groups in total. The van der Waals surface area contributed by atoms with Crippen LogP contribution in [0.2, 0.25) is 0 Å². The molecule has 5 heteroatoms. The van der Waals surface area contributed by atoms with Crippen molar-refractivity contribution in [3.63, 3.8) is 0 Å². The van der Waals surface area contributed by atoms with Crippen LogP contribution >= 0.6 is 0 Å². The molecule has 0 aliphatic heterocycles. The molecule has 1 aromatic heterocycles. The highest BCUT2D eigenvalue weighted by Crippen LogP contribution is 2.20. The lowest BCUT2D eigenvalue weighted by molar-refractivity contribution is -0.139. The summed E-state index contributed by atoms with van der Waals surface area (Å²) in [5.41, 5.74) is 2.30. The van der Waals surface area contributed by atoms with E-state index in [4.69, 9.17) is 9.47 Å². The highest BCUT2D eigenvalue weighted by Gasteiger charge is 2.06. The highest BCUT2D eigenvalue weighted by atomic mass is 16.5. The Morgan fingerprint density at radius 2 is 2.13 bits per heavy atom. The molecule has 0 amide bonds. The first-order chi connectivity index (χ1) is 11.1. The molecule has 0 spiro atoms. The monoisotopic (exact) mass is 316 g/mol. The van der Waals surface area contributed by atoms with Crippen LogP contribution in [0.15, 0.2) is 30.4 Å². The molecule has 1 heterocycles. The van der Waals surface area contributed by atoms with Crippen molar-refractivity contribution in [2.45, 2.75) is 39.5 Å². The normalized spacial score (nSPS) is 10.7. The third kappa shape index (κ3) is 5.13. The molecule has 0 bridgehead atoms. The summed E-state index contributed by atoms with van der Waals surface area (Å²) in [4.78, 5) is 19.1. The lowest BCUT2D eigenvalue weighted by Gasteiger charge is -2.04. The summed E-state index contributed by atoms with van der Waals surface area (Å²) in [5, 5.41) is 0. The summed E-state index contributed by atoms with van der Waals surface area (Å²) in [6.07, 6.45) is 3.62. The number of H-pyrrole nitrogens is 1. The van der Waals surface area contributed by atoms with Gasteiger partial charge in [0.1, 0.15) is 11.6 Å². The van der Waals surface area contributed by atoms with Crippen molar-refractivity contribution in [3.8, 4) is 5.75 Å². The quantitative estimate of drug-likeness (QED) is 0.434. The Morgan fingerprint density at radius 3 is 2.87 bits per heavy atom. The molecule has 0 unspecified atom stereocenters. The number of benzene rings is 1. The van der Waals surface area contributed by atoms with Gasteiger partial charge in [-0.25, -0.2) is 9.78 Å². The number of carbonyl (C=O) groups excluding carboxylic acids is 1. The molecule has 1 aromatic carbocycles. The molecule has 124 valence electrons. The van der Waals surface area contributed by atoms with Crippen LogP contribution in [0, 0.1) is 0 Å². The Morgan fingerprint density at radius 1 is 1.30 bits per heavy atom. The maximum absolute atomic E-state index is 11.3. The summed E-state index contributed by atoms with van der Waals surface area (Å²) in [5.74, 6) is 1.40. The molecule has 0 aliphatic carbocycles. The number of aryl methyl sites for hydroxylation is 1. The number of nitrogens with one attached hydrogen (secondary N) is 1. The number of fused-ring (bicyclic) bond motifs is 1. The van der Waals surface area contributed by atoms with E-state index < -0.39 is 0 Å². The van der Waals surface area contributed by atoms with Gasteiger partial charge in [-0.05, 0) is 31.9 Å². The zero-order valence-electron chi connectivity index (χ0n) is 13.9. The van der Waals surface area contributed by atoms with Gasteiger partial charge in [0.25, 0.3) is 0 Å². The molecule has 2 rings (SSSR count). The number of imidazole rings is 1. The Balaban J connectivity index is 1.87. The van der Waals surface area contributed by atoms with Crippen molar-refractivity contribution in [1.29, 1.82) is 0 Å². The average Bonchev–Trinajstić information content (AvgIpc) is 2.93. The lowest BCUT2D eigenvalue weighted by atomic mass is 10.3. The first kappa shape index (κ1) is 17.1. The topological polar surface area (TPSA) is 64.2 Å². The second-order valence-electron chi connectivity index (χ2n) is 5.58. The van der Waals surface area contributed by atoms with E-state index in [0.717, 1.165) is 54.9 Å². The van der Waals surface area contributed by atoms with Gasteiger partial charge in [0.05, 0.1) is 24.2 Å². The first-order valence-electron chi connectivity index (χ1n) is 8.04. The number of ether oxygens (including phenoxy) is 2. The van der Waals surface area contributed by atoms with Crippen LogP contribution in [0.25, 0.3) is 11.0 Å². The van der Waals surface area contributed by atoms with Crippen LogP contribution in [0.3, 0.4) is 0 Å². The molecule has 23 heavy (non-hydrogen) atoms.